The number of alkyl carbamates (subject to hydrolysis) is 1. The quantitative estimate of drug-likeness (QED) is 0.788. The summed E-state index contributed by atoms with van der Waals surface area (Å²) >= 11 is 1.54. The molecule has 0 aliphatic rings. The average molecular weight is 341 g/mol. The van der Waals surface area contributed by atoms with Crippen molar-refractivity contribution in [3.05, 3.63) is 22.4 Å². The van der Waals surface area contributed by atoms with Crippen molar-refractivity contribution in [3.63, 3.8) is 0 Å². The minimum absolute atomic E-state index is 0.0469. The number of carbonyl (C=O) groups excluding carboxylic acids is 1. The number of carboxylic acids is 1. The second-order valence-corrected chi connectivity index (χ2v) is 8.13. The van der Waals surface area contributed by atoms with Gasteiger partial charge in [-0.15, -0.1) is 0 Å². The molecule has 0 fully saturated rings. The fourth-order valence-corrected chi connectivity index (χ4v) is 3.23. The highest BCUT2D eigenvalue weighted by Gasteiger charge is 2.40. The molecule has 2 N–H and O–H groups in total. The third-order valence-electron chi connectivity index (χ3n) is 3.35. The topological polar surface area (TPSA) is 75.6 Å². The minimum Gasteiger partial charge on any atom is -0.481 e. The standard InChI is InChI=1S/C17H27NO4S/c1-12(2)8-17(14(19)20,9-13-6-7-23-10-13)11-18-15(21)22-16(3,4)5/h6-7,10,12H,8-9,11H2,1-5H3,(H,18,21)(H,19,20). The number of nitrogens with one attached hydrogen (secondary N) is 1. The Morgan fingerprint density at radius 1 is 1.35 bits per heavy atom. The van der Waals surface area contributed by atoms with E-state index >= 15 is 0 Å². The highest BCUT2D eigenvalue weighted by atomic mass is 32.1. The number of hydrogen-bond acceptors (Lipinski definition) is 4. The highest BCUT2D eigenvalue weighted by Crippen LogP contribution is 2.32. The molecule has 1 rings (SSSR count). The van der Waals surface area contributed by atoms with Crippen LogP contribution in [0.15, 0.2) is 16.8 Å². The number of rotatable bonds is 7. The van der Waals surface area contributed by atoms with Gasteiger partial charge in [0.05, 0.1) is 5.41 Å². The molecule has 6 heteroatoms. The van der Waals surface area contributed by atoms with Gasteiger partial charge in [-0.25, -0.2) is 4.79 Å². The summed E-state index contributed by atoms with van der Waals surface area (Å²) in [4.78, 5) is 23.9. The molecule has 0 aromatic carbocycles. The van der Waals surface area contributed by atoms with Gasteiger partial charge in [0.1, 0.15) is 5.60 Å². The van der Waals surface area contributed by atoms with Crippen molar-refractivity contribution >= 4 is 23.4 Å². The number of thiophene rings is 1. The lowest BCUT2D eigenvalue weighted by atomic mass is 9.75. The molecular weight excluding hydrogens is 314 g/mol. The van der Waals surface area contributed by atoms with E-state index in [0.29, 0.717) is 12.8 Å². The largest absolute Gasteiger partial charge is 0.481 e. The molecular formula is C17H27NO4S. The fraction of sp³-hybridized carbons (Fsp3) is 0.647. The van der Waals surface area contributed by atoms with Crippen LogP contribution in [0.1, 0.15) is 46.6 Å². The lowest BCUT2D eigenvalue weighted by Crippen LogP contribution is -2.46. The molecule has 0 saturated heterocycles. The van der Waals surface area contributed by atoms with Gasteiger partial charge in [-0.2, -0.15) is 11.3 Å². The van der Waals surface area contributed by atoms with E-state index in [2.05, 4.69) is 5.32 Å². The summed E-state index contributed by atoms with van der Waals surface area (Å²) in [5.74, 6) is -0.696. The van der Waals surface area contributed by atoms with E-state index in [-0.39, 0.29) is 12.5 Å². The number of carboxylic acid groups (broad SMARTS) is 1. The molecule has 130 valence electrons. The predicted octanol–water partition coefficient (Wildman–Crippen LogP) is 3.93. The second kappa shape index (κ2) is 7.81. The van der Waals surface area contributed by atoms with Gasteiger partial charge >= 0.3 is 12.1 Å². The SMILES string of the molecule is CC(C)CC(CNC(=O)OC(C)(C)C)(Cc1ccsc1)C(=O)O. The highest BCUT2D eigenvalue weighted by molar-refractivity contribution is 7.07. The number of hydrogen-bond donors (Lipinski definition) is 2. The van der Waals surface area contributed by atoms with Crippen molar-refractivity contribution < 1.29 is 19.4 Å². The van der Waals surface area contributed by atoms with Gasteiger partial charge in [0.2, 0.25) is 0 Å². The Labute approximate surface area is 142 Å². The van der Waals surface area contributed by atoms with Crippen molar-refractivity contribution in [2.45, 2.75) is 53.1 Å². The van der Waals surface area contributed by atoms with E-state index in [4.69, 9.17) is 4.74 Å². The molecule has 0 aliphatic heterocycles. The maximum atomic E-state index is 12.0. The third kappa shape index (κ3) is 6.60. The van der Waals surface area contributed by atoms with Crippen LogP contribution in [-0.4, -0.2) is 29.3 Å². The summed E-state index contributed by atoms with van der Waals surface area (Å²) in [7, 11) is 0. The van der Waals surface area contributed by atoms with Crippen molar-refractivity contribution in [1.29, 1.82) is 0 Å². The monoisotopic (exact) mass is 341 g/mol. The van der Waals surface area contributed by atoms with Crippen LogP contribution in [0.2, 0.25) is 0 Å². The molecule has 0 saturated carbocycles. The Hall–Kier alpha value is -1.56. The Morgan fingerprint density at radius 3 is 2.43 bits per heavy atom. The summed E-state index contributed by atoms with van der Waals surface area (Å²) in [5, 5.41) is 16.3. The fourth-order valence-electron chi connectivity index (χ4n) is 2.57. The molecule has 1 aromatic rings. The number of amides is 1. The minimum atomic E-state index is -1.04. The number of carbonyl (C=O) groups is 2. The molecule has 0 aliphatic carbocycles. The van der Waals surface area contributed by atoms with E-state index in [0.717, 1.165) is 5.56 Å². The first-order valence-corrected chi connectivity index (χ1v) is 8.70. The molecule has 0 radical (unpaired) electrons. The van der Waals surface area contributed by atoms with Gasteiger partial charge < -0.3 is 15.2 Å². The van der Waals surface area contributed by atoms with E-state index < -0.39 is 23.1 Å². The van der Waals surface area contributed by atoms with Crippen LogP contribution in [0.4, 0.5) is 4.79 Å². The van der Waals surface area contributed by atoms with Gasteiger partial charge in [0.25, 0.3) is 0 Å². The van der Waals surface area contributed by atoms with Crippen LogP contribution in [0.3, 0.4) is 0 Å². The van der Waals surface area contributed by atoms with Gasteiger partial charge in [-0.05, 0) is 61.9 Å². The van der Waals surface area contributed by atoms with Gasteiger partial charge in [-0.3, -0.25) is 4.79 Å². The molecule has 1 aromatic heterocycles. The first kappa shape index (κ1) is 19.5. The van der Waals surface area contributed by atoms with Crippen molar-refractivity contribution in [3.8, 4) is 0 Å². The van der Waals surface area contributed by atoms with Crippen LogP contribution in [-0.2, 0) is 16.0 Å². The summed E-state index contributed by atoms with van der Waals surface area (Å²) in [5.41, 5.74) is -0.669. The predicted molar refractivity (Wildman–Crippen MR) is 91.8 cm³/mol. The molecule has 1 atom stereocenters. The summed E-state index contributed by atoms with van der Waals surface area (Å²) in [6, 6.07) is 1.93. The van der Waals surface area contributed by atoms with E-state index in [1.807, 2.05) is 30.7 Å². The Bertz CT molecular complexity index is 519. The zero-order chi connectivity index (χ0) is 17.7. The normalized spacial score (nSPS) is 14.3. The summed E-state index contributed by atoms with van der Waals surface area (Å²) in [6.45, 7) is 9.34. The third-order valence-corrected chi connectivity index (χ3v) is 4.08. The van der Waals surface area contributed by atoms with E-state index in [1.165, 1.54) is 11.3 Å². The first-order chi connectivity index (χ1) is 10.5. The lowest BCUT2D eigenvalue weighted by molar-refractivity contribution is -0.149. The molecule has 23 heavy (non-hydrogen) atoms. The van der Waals surface area contributed by atoms with Crippen molar-refractivity contribution in [1.82, 2.24) is 5.32 Å². The van der Waals surface area contributed by atoms with Gasteiger partial charge in [0, 0.05) is 6.54 Å². The van der Waals surface area contributed by atoms with Crippen LogP contribution in [0, 0.1) is 11.3 Å². The zero-order valence-electron chi connectivity index (χ0n) is 14.5. The second-order valence-electron chi connectivity index (χ2n) is 7.35. The maximum absolute atomic E-state index is 12.0. The van der Waals surface area contributed by atoms with Gasteiger partial charge in [-0.1, -0.05) is 13.8 Å². The average Bonchev–Trinajstić information content (AvgIpc) is 2.85. The first-order valence-electron chi connectivity index (χ1n) is 7.75. The number of aliphatic carboxylic acids is 1. The molecule has 5 nitrogen and oxygen atoms in total. The Balaban J connectivity index is 2.89. The maximum Gasteiger partial charge on any atom is 0.407 e. The van der Waals surface area contributed by atoms with Gasteiger partial charge in [0.15, 0.2) is 0 Å². The zero-order valence-corrected chi connectivity index (χ0v) is 15.3. The van der Waals surface area contributed by atoms with E-state index in [9.17, 15) is 14.7 Å². The van der Waals surface area contributed by atoms with Crippen LogP contribution >= 0.6 is 11.3 Å². The molecule has 1 unspecified atom stereocenters. The molecule has 0 bridgehead atoms. The smallest absolute Gasteiger partial charge is 0.407 e. The van der Waals surface area contributed by atoms with Crippen LogP contribution < -0.4 is 5.32 Å². The van der Waals surface area contributed by atoms with Crippen LogP contribution in [0.5, 0.6) is 0 Å². The molecule has 0 spiro atoms. The van der Waals surface area contributed by atoms with E-state index in [1.54, 1.807) is 20.8 Å². The Kier molecular flexibility index (Phi) is 6.62. The molecule has 1 amide bonds. The van der Waals surface area contributed by atoms with Crippen LogP contribution in [0.25, 0.3) is 0 Å². The van der Waals surface area contributed by atoms with Crippen molar-refractivity contribution in [2.75, 3.05) is 6.54 Å². The summed E-state index contributed by atoms with van der Waals surface area (Å²) in [6.07, 6.45) is 0.283. The number of ether oxygens (including phenoxy) is 1. The lowest BCUT2D eigenvalue weighted by Gasteiger charge is -2.31. The van der Waals surface area contributed by atoms with Crippen molar-refractivity contribution in [2.24, 2.45) is 11.3 Å². The Morgan fingerprint density at radius 2 is 2.00 bits per heavy atom. The molecule has 1 heterocycles. The summed E-state index contributed by atoms with van der Waals surface area (Å²) < 4.78 is 5.21.